The van der Waals surface area contributed by atoms with Crippen LogP contribution in [0.3, 0.4) is 0 Å². The first-order valence-electron chi connectivity index (χ1n) is 6.91. The zero-order valence-electron chi connectivity index (χ0n) is 13.1. The lowest BCUT2D eigenvalue weighted by Crippen LogP contribution is -2.45. The van der Waals surface area contributed by atoms with Crippen molar-refractivity contribution in [3.63, 3.8) is 0 Å². The van der Waals surface area contributed by atoms with Crippen LogP contribution in [-0.4, -0.2) is 44.2 Å². The summed E-state index contributed by atoms with van der Waals surface area (Å²) in [6.45, 7) is 2.01. The molecule has 120 valence electrons. The van der Waals surface area contributed by atoms with Crippen LogP contribution in [0.4, 0.5) is 0 Å². The van der Waals surface area contributed by atoms with Gasteiger partial charge in [-0.2, -0.15) is 0 Å². The number of aromatic nitrogens is 4. The highest BCUT2D eigenvalue weighted by Gasteiger charge is 2.16. The van der Waals surface area contributed by atoms with E-state index in [9.17, 15) is 14.4 Å². The quantitative estimate of drug-likeness (QED) is 0.675. The second-order valence-corrected chi connectivity index (χ2v) is 5.25. The number of fused-ring (bicyclic) bond motifs is 1. The van der Waals surface area contributed by atoms with Crippen LogP contribution in [0.5, 0.6) is 0 Å². The van der Waals surface area contributed by atoms with E-state index in [1.165, 1.54) is 22.5 Å². The summed E-state index contributed by atoms with van der Waals surface area (Å²) in [5, 5.41) is 5.66. The zero-order valence-corrected chi connectivity index (χ0v) is 13.1. The number of imidazole rings is 1. The Morgan fingerprint density at radius 3 is 2.68 bits per heavy atom. The van der Waals surface area contributed by atoms with Crippen molar-refractivity contribution in [1.29, 1.82) is 0 Å². The Balaban J connectivity index is 2.36. The minimum absolute atomic E-state index is 0.100. The van der Waals surface area contributed by atoms with Crippen LogP contribution in [0.2, 0.25) is 0 Å². The number of nitrogens with zero attached hydrogens (tertiary/aromatic N) is 4. The van der Waals surface area contributed by atoms with Crippen molar-refractivity contribution in [1.82, 2.24) is 29.3 Å². The molecule has 2 N–H and O–H groups in total. The summed E-state index contributed by atoms with van der Waals surface area (Å²) >= 11 is 0. The Morgan fingerprint density at radius 2 is 2.05 bits per heavy atom. The molecule has 0 fully saturated rings. The van der Waals surface area contributed by atoms with Gasteiger partial charge < -0.3 is 15.2 Å². The van der Waals surface area contributed by atoms with Crippen LogP contribution in [0.1, 0.15) is 6.92 Å². The molecule has 9 nitrogen and oxygen atoms in total. The van der Waals surface area contributed by atoms with E-state index in [-0.39, 0.29) is 18.5 Å². The van der Waals surface area contributed by atoms with E-state index in [4.69, 9.17) is 0 Å². The summed E-state index contributed by atoms with van der Waals surface area (Å²) in [7, 11) is 4.97. The SMILES string of the molecule is CNC(C)CNC(=O)Cn1c(=O)c2c(ncn2C)n(C)c1=O. The second-order valence-electron chi connectivity index (χ2n) is 5.25. The molecule has 0 aliphatic rings. The Labute approximate surface area is 126 Å². The molecule has 0 aliphatic heterocycles. The highest BCUT2D eigenvalue weighted by molar-refractivity contribution is 5.76. The summed E-state index contributed by atoms with van der Waals surface area (Å²) in [5.41, 5.74) is -0.487. The van der Waals surface area contributed by atoms with Crippen LogP contribution < -0.4 is 21.9 Å². The van der Waals surface area contributed by atoms with Gasteiger partial charge in [0.15, 0.2) is 11.2 Å². The molecular weight excluding hydrogens is 288 g/mol. The van der Waals surface area contributed by atoms with E-state index in [0.29, 0.717) is 17.7 Å². The van der Waals surface area contributed by atoms with Crippen molar-refractivity contribution >= 4 is 17.1 Å². The van der Waals surface area contributed by atoms with Gasteiger partial charge in [0.2, 0.25) is 5.91 Å². The molecule has 0 radical (unpaired) electrons. The Morgan fingerprint density at radius 1 is 1.36 bits per heavy atom. The monoisotopic (exact) mass is 308 g/mol. The maximum Gasteiger partial charge on any atom is 0.332 e. The third-order valence-corrected chi connectivity index (χ3v) is 3.60. The van der Waals surface area contributed by atoms with Crippen LogP contribution >= 0.6 is 0 Å². The van der Waals surface area contributed by atoms with Gasteiger partial charge in [-0.15, -0.1) is 0 Å². The minimum Gasteiger partial charge on any atom is -0.353 e. The van der Waals surface area contributed by atoms with E-state index >= 15 is 0 Å². The summed E-state index contributed by atoms with van der Waals surface area (Å²) in [5.74, 6) is -0.386. The molecule has 22 heavy (non-hydrogen) atoms. The zero-order chi connectivity index (χ0) is 16.4. The van der Waals surface area contributed by atoms with Gasteiger partial charge in [-0.05, 0) is 14.0 Å². The van der Waals surface area contributed by atoms with Crippen LogP contribution in [-0.2, 0) is 25.4 Å². The summed E-state index contributed by atoms with van der Waals surface area (Å²) in [4.78, 5) is 40.6. The number of aryl methyl sites for hydroxylation is 2. The van der Waals surface area contributed by atoms with E-state index in [0.717, 1.165) is 4.57 Å². The van der Waals surface area contributed by atoms with E-state index < -0.39 is 11.2 Å². The van der Waals surface area contributed by atoms with E-state index in [1.807, 2.05) is 6.92 Å². The molecule has 0 aliphatic carbocycles. The minimum atomic E-state index is -0.562. The molecule has 0 saturated carbocycles. The number of carbonyl (C=O) groups excluding carboxylic acids is 1. The van der Waals surface area contributed by atoms with Crippen LogP contribution in [0.25, 0.3) is 11.2 Å². The highest BCUT2D eigenvalue weighted by Crippen LogP contribution is 2.02. The number of hydrogen-bond acceptors (Lipinski definition) is 5. The number of likely N-dealkylation sites (N-methyl/N-ethyl adjacent to an activating group) is 1. The molecular formula is C13H20N6O3. The molecule has 2 rings (SSSR count). The first kappa shape index (κ1) is 16.0. The first-order valence-corrected chi connectivity index (χ1v) is 6.91. The largest absolute Gasteiger partial charge is 0.353 e. The topological polar surface area (TPSA) is 103 Å². The molecule has 9 heteroatoms. The number of carbonyl (C=O) groups is 1. The Bertz CT molecular complexity index is 816. The molecule has 0 saturated heterocycles. The maximum atomic E-state index is 12.4. The Kier molecular flexibility index (Phi) is 4.45. The fourth-order valence-corrected chi connectivity index (χ4v) is 2.10. The van der Waals surface area contributed by atoms with Crippen molar-refractivity contribution in [2.24, 2.45) is 14.1 Å². The number of hydrogen-bond donors (Lipinski definition) is 2. The molecule has 1 atom stereocenters. The third kappa shape index (κ3) is 2.80. The molecule has 2 aromatic heterocycles. The fourth-order valence-electron chi connectivity index (χ4n) is 2.10. The highest BCUT2D eigenvalue weighted by atomic mass is 16.2. The van der Waals surface area contributed by atoms with Crippen molar-refractivity contribution in [2.45, 2.75) is 19.5 Å². The first-order chi connectivity index (χ1) is 10.4. The van der Waals surface area contributed by atoms with Crippen LogP contribution in [0.15, 0.2) is 15.9 Å². The lowest BCUT2D eigenvalue weighted by Gasteiger charge is -2.12. The maximum absolute atomic E-state index is 12.4. The van der Waals surface area contributed by atoms with E-state index in [2.05, 4.69) is 15.6 Å². The lowest BCUT2D eigenvalue weighted by atomic mass is 10.3. The summed E-state index contributed by atoms with van der Waals surface area (Å²) in [6, 6.07) is 0.100. The van der Waals surface area contributed by atoms with E-state index in [1.54, 1.807) is 14.1 Å². The van der Waals surface area contributed by atoms with Crippen LogP contribution in [0, 0.1) is 0 Å². The van der Waals surface area contributed by atoms with Crippen molar-refractivity contribution in [2.75, 3.05) is 13.6 Å². The molecule has 0 aromatic carbocycles. The normalized spacial score (nSPS) is 12.5. The average Bonchev–Trinajstić information content (AvgIpc) is 2.89. The Hall–Kier alpha value is -2.42. The van der Waals surface area contributed by atoms with Gasteiger partial charge in [-0.25, -0.2) is 14.3 Å². The van der Waals surface area contributed by atoms with Gasteiger partial charge in [0.05, 0.1) is 6.33 Å². The van der Waals surface area contributed by atoms with Gasteiger partial charge in [0.1, 0.15) is 6.54 Å². The summed E-state index contributed by atoms with van der Waals surface area (Å²) in [6.07, 6.45) is 1.46. The fraction of sp³-hybridized carbons (Fsp3) is 0.538. The predicted molar refractivity (Wildman–Crippen MR) is 81.7 cm³/mol. The molecule has 2 heterocycles. The predicted octanol–water partition coefficient (Wildman–Crippen LogP) is -1.84. The number of amides is 1. The molecule has 2 aromatic rings. The lowest BCUT2D eigenvalue weighted by molar-refractivity contribution is -0.121. The average molecular weight is 308 g/mol. The van der Waals surface area contributed by atoms with Crippen molar-refractivity contribution in [3.8, 4) is 0 Å². The van der Waals surface area contributed by atoms with Gasteiger partial charge >= 0.3 is 5.69 Å². The second kappa shape index (κ2) is 6.14. The molecule has 0 spiro atoms. The van der Waals surface area contributed by atoms with Crippen molar-refractivity contribution in [3.05, 3.63) is 27.2 Å². The van der Waals surface area contributed by atoms with Crippen molar-refractivity contribution < 1.29 is 4.79 Å². The standard InChI is InChI=1S/C13H20N6O3/c1-8(14-2)5-15-9(20)6-19-12(21)10-11(16-7-17(10)3)18(4)13(19)22/h7-8,14H,5-6H2,1-4H3,(H,15,20). The van der Waals surface area contributed by atoms with Gasteiger partial charge in [-0.1, -0.05) is 0 Å². The summed E-state index contributed by atoms with van der Waals surface area (Å²) < 4.78 is 3.72. The number of nitrogens with one attached hydrogen (secondary N) is 2. The van der Waals surface area contributed by atoms with Gasteiger partial charge in [-0.3, -0.25) is 14.2 Å². The molecule has 0 bridgehead atoms. The smallest absolute Gasteiger partial charge is 0.332 e. The third-order valence-electron chi connectivity index (χ3n) is 3.60. The molecule has 1 unspecified atom stereocenters. The number of rotatable bonds is 5. The van der Waals surface area contributed by atoms with Gasteiger partial charge in [0, 0.05) is 26.7 Å². The van der Waals surface area contributed by atoms with Gasteiger partial charge in [0.25, 0.3) is 5.56 Å². The molecule has 1 amide bonds.